The molecular formula is C8H15N3O. The fourth-order valence-corrected chi connectivity index (χ4v) is 0.912. The van der Waals surface area contributed by atoms with Gasteiger partial charge in [0.25, 0.3) is 0 Å². The molecule has 0 saturated carbocycles. The van der Waals surface area contributed by atoms with Crippen LogP contribution in [0.4, 0.5) is 0 Å². The number of nitrogens with two attached hydrogens (primary N) is 1. The Hall–Kier alpha value is -0.870. The number of hydrogen-bond donors (Lipinski definition) is 2. The normalized spacial score (nSPS) is 10.6. The van der Waals surface area contributed by atoms with Crippen molar-refractivity contribution in [2.75, 3.05) is 13.1 Å². The van der Waals surface area contributed by atoms with E-state index in [9.17, 15) is 0 Å². The van der Waals surface area contributed by atoms with E-state index in [0.717, 1.165) is 23.9 Å². The second kappa shape index (κ2) is 4.23. The minimum absolute atomic E-state index is 0.638. The van der Waals surface area contributed by atoms with Crippen LogP contribution in [0.15, 0.2) is 4.42 Å². The third-order valence-corrected chi connectivity index (χ3v) is 1.67. The first-order chi connectivity index (χ1) is 5.74. The lowest BCUT2D eigenvalue weighted by atomic mass is 10.4. The van der Waals surface area contributed by atoms with Crippen LogP contribution in [-0.4, -0.2) is 18.1 Å². The van der Waals surface area contributed by atoms with Gasteiger partial charge in [-0.05, 0) is 13.8 Å². The summed E-state index contributed by atoms with van der Waals surface area (Å²) in [7, 11) is 0. The second-order valence-corrected chi connectivity index (χ2v) is 2.71. The second-order valence-electron chi connectivity index (χ2n) is 2.71. The Labute approximate surface area is 72.2 Å². The molecule has 0 atom stereocenters. The lowest BCUT2D eigenvalue weighted by Crippen LogP contribution is -2.21. The lowest BCUT2D eigenvalue weighted by molar-refractivity contribution is 0.450. The third kappa shape index (κ3) is 2.32. The molecule has 0 aliphatic carbocycles. The summed E-state index contributed by atoms with van der Waals surface area (Å²) in [6, 6.07) is 0. The Balaban J connectivity index is 2.42. The molecular weight excluding hydrogens is 154 g/mol. The maximum absolute atomic E-state index is 5.35. The highest BCUT2D eigenvalue weighted by molar-refractivity contribution is 5.04. The standard InChI is InChI=1S/C8H15N3O/c1-6-7(2)12-8(11-6)5-10-4-3-9/h10H,3-5,9H2,1-2H3. The van der Waals surface area contributed by atoms with E-state index in [-0.39, 0.29) is 0 Å². The van der Waals surface area contributed by atoms with Gasteiger partial charge in [-0.25, -0.2) is 4.98 Å². The van der Waals surface area contributed by atoms with Crippen LogP contribution in [0.5, 0.6) is 0 Å². The lowest BCUT2D eigenvalue weighted by Gasteiger charge is -1.96. The molecule has 0 aromatic carbocycles. The van der Waals surface area contributed by atoms with E-state index in [0.29, 0.717) is 13.1 Å². The predicted molar refractivity (Wildman–Crippen MR) is 46.7 cm³/mol. The molecule has 68 valence electrons. The van der Waals surface area contributed by atoms with Gasteiger partial charge in [0.05, 0.1) is 12.2 Å². The van der Waals surface area contributed by atoms with Gasteiger partial charge in [-0.3, -0.25) is 0 Å². The summed E-state index contributed by atoms with van der Waals surface area (Å²) in [6.45, 7) is 5.94. The summed E-state index contributed by atoms with van der Waals surface area (Å²) in [6.07, 6.45) is 0. The van der Waals surface area contributed by atoms with Crippen LogP contribution in [0.3, 0.4) is 0 Å². The van der Waals surface area contributed by atoms with Crippen LogP contribution >= 0.6 is 0 Å². The molecule has 1 rings (SSSR count). The molecule has 0 spiro atoms. The van der Waals surface area contributed by atoms with E-state index in [4.69, 9.17) is 10.2 Å². The van der Waals surface area contributed by atoms with E-state index >= 15 is 0 Å². The molecule has 12 heavy (non-hydrogen) atoms. The zero-order valence-corrected chi connectivity index (χ0v) is 7.55. The molecule has 0 radical (unpaired) electrons. The Bertz CT molecular complexity index is 225. The summed E-state index contributed by atoms with van der Waals surface area (Å²) >= 11 is 0. The van der Waals surface area contributed by atoms with Crippen LogP contribution in [0.2, 0.25) is 0 Å². The maximum atomic E-state index is 5.35. The molecule has 0 fully saturated rings. The van der Waals surface area contributed by atoms with Gasteiger partial charge in [0, 0.05) is 13.1 Å². The summed E-state index contributed by atoms with van der Waals surface area (Å²) < 4.78 is 5.35. The molecule has 1 aromatic heterocycles. The van der Waals surface area contributed by atoms with Gasteiger partial charge in [0.15, 0.2) is 0 Å². The fourth-order valence-electron chi connectivity index (χ4n) is 0.912. The third-order valence-electron chi connectivity index (χ3n) is 1.67. The van der Waals surface area contributed by atoms with Gasteiger partial charge >= 0.3 is 0 Å². The van der Waals surface area contributed by atoms with Gasteiger partial charge in [-0.1, -0.05) is 0 Å². The van der Waals surface area contributed by atoms with Gasteiger partial charge in [-0.15, -0.1) is 0 Å². The Morgan fingerprint density at radius 2 is 2.25 bits per heavy atom. The van der Waals surface area contributed by atoms with Gasteiger partial charge in [-0.2, -0.15) is 0 Å². The monoisotopic (exact) mass is 169 g/mol. The Morgan fingerprint density at radius 3 is 2.75 bits per heavy atom. The van der Waals surface area contributed by atoms with Crippen LogP contribution in [0.1, 0.15) is 17.3 Å². The van der Waals surface area contributed by atoms with Crippen molar-refractivity contribution in [1.82, 2.24) is 10.3 Å². The molecule has 0 aliphatic rings. The number of hydrogen-bond acceptors (Lipinski definition) is 4. The quantitative estimate of drug-likeness (QED) is 0.638. The van der Waals surface area contributed by atoms with Crippen molar-refractivity contribution >= 4 is 0 Å². The molecule has 4 heteroatoms. The molecule has 0 saturated heterocycles. The minimum atomic E-state index is 0.638. The van der Waals surface area contributed by atoms with Crippen molar-refractivity contribution in [2.24, 2.45) is 5.73 Å². The molecule has 1 heterocycles. The Kier molecular flexibility index (Phi) is 3.25. The van der Waals surface area contributed by atoms with Crippen molar-refractivity contribution in [3.63, 3.8) is 0 Å². The average Bonchev–Trinajstić information content (AvgIpc) is 2.32. The number of aryl methyl sites for hydroxylation is 2. The van der Waals surface area contributed by atoms with E-state index < -0.39 is 0 Å². The zero-order valence-electron chi connectivity index (χ0n) is 7.55. The van der Waals surface area contributed by atoms with Crippen molar-refractivity contribution < 1.29 is 4.42 Å². The molecule has 1 aromatic rings. The van der Waals surface area contributed by atoms with Gasteiger partial charge < -0.3 is 15.5 Å². The van der Waals surface area contributed by atoms with Crippen LogP contribution in [0, 0.1) is 13.8 Å². The number of rotatable bonds is 4. The summed E-state index contributed by atoms with van der Waals surface area (Å²) in [5.74, 6) is 1.62. The molecule has 0 aliphatic heterocycles. The first-order valence-corrected chi connectivity index (χ1v) is 4.07. The van der Waals surface area contributed by atoms with E-state index in [2.05, 4.69) is 10.3 Å². The highest BCUT2D eigenvalue weighted by Gasteiger charge is 2.03. The predicted octanol–water partition coefficient (Wildman–Crippen LogP) is 0.340. The van der Waals surface area contributed by atoms with Crippen molar-refractivity contribution in [3.8, 4) is 0 Å². The smallest absolute Gasteiger partial charge is 0.208 e. The molecule has 3 N–H and O–H groups in total. The number of nitrogens with one attached hydrogen (secondary N) is 1. The Morgan fingerprint density at radius 1 is 1.50 bits per heavy atom. The van der Waals surface area contributed by atoms with Crippen LogP contribution in [-0.2, 0) is 6.54 Å². The van der Waals surface area contributed by atoms with Crippen molar-refractivity contribution in [2.45, 2.75) is 20.4 Å². The van der Waals surface area contributed by atoms with Crippen LogP contribution in [0.25, 0.3) is 0 Å². The maximum Gasteiger partial charge on any atom is 0.208 e. The van der Waals surface area contributed by atoms with E-state index in [1.54, 1.807) is 0 Å². The van der Waals surface area contributed by atoms with Gasteiger partial charge in [0.2, 0.25) is 5.89 Å². The van der Waals surface area contributed by atoms with E-state index in [1.807, 2.05) is 13.8 Å². The first kappa shape index (κ1) is 9.22. The van der Waals surface area contributed by atoms with Crippen molar-refractivity contribution in [1.29, 1.82) is 0 Å². The molecule has 0 amide bonds. The molecule has 0 unspecified atom stereocenters. The van der Waals surface area contributed by atoms with Gasteiger partial charge in [0.1, 0.15) is 5.76 Å². The zero-order chi connectivity index (χ0) is 8.97. The highest BCUT2D eigenvalue weighted by atomic mass is 16.4. The highest BCUT2D eigenvalue weighted by Crippen LogP contribution is 2.07. The topological polar surface area (TPSA) is 64.1 Å². The number of nitrogens with zero attached hydrogens (tertiary/aromatic N) is 1. The largest absolute Gasteiger partial charge is 0.444 e. The molecule has 0 bridgehead atoms. The SMILES string of the molecule is Cc1nc(CNCCN)oc1C. The van der Waals surface area contributed by atoms with Crippen molar-refractivity contribution in [3.05, 3.63) is 17.3 Å². The first-order valence-electron chi connectivity index (χ1n) is 4.07. The summed E-state index contributed by atoms with van der Waals surface area (Å²) in [5, 5.41) is 3.11. The summed E-state index contributed by atoms with van der Waals surface area (Å²) in [4.78, 5) is 4.21. The van der Waals surface area contributed by atoms with Crippen LogP contribution < -0.4 is 11.1 Å². The number of aromatic nitrogens is 1. The van der Waals surface area contributed by atoms with E-state index in [1.165, 1.54) is 0 Å². The minimum Gasteiger partial charge on any atom is -0.444 e. The average molecular weight is 169 g/mol. The summed E-state index contributed by atoms with van der Waals surface area (Å²) in [5.41, 5.74) is 6.27. The molecule has 4 nitrogen and oxygen atoms in total. The number of oxazole rings is 1. The fraction of sp³-hybridized carbons (Fsp3) is 0.625.